The predicted molar refractivity (Wildman–Crippen MR) is 94.2 cm³/mol. The van der Waals surface area contributed by atoms with E-state index in [1.165, 1.54) is 0 Å². The fourth-order valence-corrected chi connectivity index (χ4v) is 3.02. The van der Waals surface area contributed by atoms with Gasteiger partial charge in [0.05, 0.1) is 17.0 Å². The van der Waals surface area contributed by atoms with Gasteiger partial charge in [-0.25, -0.2) is 4.98 Å². The molecule has 0 fully saturated rings. The molecule has 0 aliphatic carbocycles. The average molecular weight is 316 g/mol. The van der Waals surface area contributed by atoms with E-state index in [9.17, 15) is 10.3 Å². The molecule has 2 N–H and O–H groups in total. The van der Waals surface area contributed by atoms with Gasteiger partial charge in [-0.1, -0.05) is 60.7 Å². The number of imidazole rings is 1. The summed E-state index contributed by atoms with van der Waals surface area (Å²) < 4.78 is 1.05. The number of nitrogens with zero attached hydrogens (tertiary/aromatic N) is 2. The Morgan fingerprint density at radius 3 is 2.38 bits per heavy atom. The summed E-state index contributed by atoms with van der Waals surface area (Å²) in [6.07, 6.45) is 0. The Labute approximate surface area is 139 Å². The van der Waals surface area contributed by atoms with Crippen molar-refractivity contribution in [1.82, 2.24) is 9.71 Å². The molecule has 0 aliphatic rings. The Bertz CT molecular complexity index is 1040. The van der Waals surface area contributed by atoms with E-state index >= 15 is 0 Å². The maximum absolute atomic E-state index is 10.6. The van der Waals surface area contributed by atoms with Crippen LogP contribution in [-0.4, -0.2) is 20.0 Å². The first kappa shape index (κ1) is 14.3. The number of aromatic hydroxyl groups is 1. The Morgan fingerprint density at radius 1 is 0.875 bits per heavy atom. The first-order valence-electron chi connectivity index (χ1n) is 7.72. The SMILES string of the molecule is Cc1c(-c2ccccc2)nc(-c2c(O)ccc3ccccc23)n1O. The number of fused-ring (bicyclic) bond motifs is 1. The second-order valence-corrected chi connectivity index (χ2v) is 5.73. The molecular weight excluding hydrogens is 300 g/mol. The van der Waals surface area contributed by atoms with Crippen LogP contribution in [0.1, 0.15) is 5.69 Å². The number of hydrogen-bond acceptors (Lipinski definition) is 3. The number of aromatic nitrogens is 2. The fraction of sp³-hybridized carbons (Fsp3) is 0.0500. The van der Waals surface area contributed by atoms with Crippen LogP contribution in [0.25, 0.3) is 33.4 Å². The summed E-state index contributed by atoms with van der Waals surface area (Å²) >= 11 is 0. The minimum absolute atomic E-state index is 0.0913. The Morgan fingerprint density at radius 2 is 1.58 bits per heavy atom. The number of hydrogen-bond donors (Lipinski definition) is 2. The molecule has 24 heavy (non-hydrogen) atoms. The van der Waals surface area contributed by atoms with E-state index in [1.54, 1.807) is 13.0 Å². The molecule has 0 atom stereocenters. The summed E-state index contributed by atoms with van der Waals surface area (Å²) in [7, 11) is 0. The van der Waals surface area contributed by atoms with Crippen molar-refractivity contribution >= 4 is 10.8 Å². The molecular formula is C20H16N2O2. The Balaban J connectivity index is 2.01. The van der Waals surface area contributed by atoms with Crippen molar-refractivity contribution in [3.8, 4) is 28.4 Å². The van der Waals surface area contributed by atoms with E-state index < -0.39 is 0 Å². The number of phenolic OH excluding ortho intramolecular Hbond substituents is 1. The van der Waals surface area contributed by atoms with Crippen molar-refractivity contribution in [1.29, 1.82) is 0 Å². The standard InChI is InChI=1S/C20H16N2O2/c1-13-19(15-8-3-2-4-9-15)21-20(22(13)24)18-16-10-6-5-7-14(16)11-12-17(18)23/h2-12,23-24H,1H3. The van der Waals surface area contributed by atoms with E-state index in [0.717, 1.165) is 21.1 Å². The van der Waals surface area contributed by atoms with Gasteiger partial charge in [0.2, 0.25) is 0 Å². The van der Waals surface area contributed by atoms with Crippen LogP contribution in [-0.2, 0) is 0 Å². The monoisotopic (exact) mass is 316 g/mol. The summed E-state index contributed by atoms with van der Waals surface area (Å²) in [4.78, 5) is 4.61. The first-order chi connectivity index (χ1) is 11.7. The van der Waals surface area contributed by atoms with Crippen LogP contribution in [0.4, 0.5) is 0 Å². The van der Waals surface area contributed by atoms with Gasteiger partial charge >= 0.3 is 0 Å². The molecule has 118 valence electrons. The molecule has 4 nitrogen and oxygen atoms in total. The van der Waals surface area contributed by atoms with Crippen molar-refractivity contribution < 1.29 is 10.3 Å². The van der Waals surface area contributed by atoms with Crippen molar-refractivity contribution in [3.63, 3.8) is 0 Å². The molecule has 1 heterocycles. The van der Waals surface area contributed by atoms with Gasteiger partial charge in [0.15, 0.2) is 5.82 Å². The van der Waals surface area contributed by atoms with E-state index in [1.807, 2.05) is 60.7 Å². The van der Waals surface area contributed by atoms with Crippen molar-refractivity contribution in [3.05, 3.63) is 72.4 Å². The second kappa shape index (κ2) is 5.42. The molecule has 0 spiro atoms. The van der Waals surface area contributed by atoms with Gasteiger partial charge in [-0.05, 0) is 23.8 Å². The number of benzene rings is 3. The zero-order valence-corrected chi connectivity index (χ0v) is 13.1. The smallest absolute Gasteiger partial charge is 0.180 e. The summed E-state index contributed by atoms with van der Waals surface area (Å²) in [5.74, 6) is 0.425. The van der Waals surface area contributed by atoms with E-state index in [-0.39, 0.29) is 5.75 Å². The van der Waals surface area contributed by atoms with E-state index in [0.29, 0.717) is 22.8 Å². The van der Waals surface area contributed by atoms with Crippen LogP contribution < -0.4 is 0 Å². The summed E-state index contributed by atoms with van der Waals surface area (Å²) in [5, 5.41) is 22.8. The fourth-order valence-electron chi connectivity index (χ4n) is 3.02. The lowest BCUT2D eigenvalue weighted by atomic mass is 10.0. The highest BCUT2D eigenvalue weighted by Crippen LogP contribution is 2.37. The van der Waals surface area contributed by atoms with Gasteiger partial charge in [-0.15, -0.1) is 0 Å². The molecule has 4 aromatic rings. The molecule has 0 aliphatic heterocycles. The molecule has 4 heteroatoms. The normalized spacial score (nSPS) is 11.0. The highest BCUT2D eigenvalue weighted by Gasteiger charge is 2.20. The largest absolute Gasteiger partial charge is 0.507 e. The van der Waals surface area contributed by atoms with Crippen LogP contribution in [0.15, 0.2) is 66.7 Å². The van der Waals surface area contributed by atoms with Crippen LogP contribution in [0.3, 0.4) is 0 Å². The molecule has 3 aromatic carbocycles. The zero-order chi connectivity index (χ0) is 16.7. The minimum atomic E-state index is 0.0913. The lowest BCUT2D eigenvalue weighted by molar-refractivity contribution is 0.184. The maximum Gasteiger partial charge on any atom is 0.180 e. The highest BCUT2D eigenvalue weighted by atomic mass is 16.5. The molecule has 4 rings (SSSR count). The van der Waals surface area contributed by atoms with Crippen molar-refractivity contribution in [2.24, 2.45) is 0 Å². The zero-order valence-electron chi connectivity index (χ0n) is 13.1. The van der Waals surface area contributed by atoms with Gasteiger partial charge in [-0.2, -0.15) is 4.73 Å². The van der Waals surface area contributed by atoms with Gasteiger partial charge < -0.3 is 10.3 Å². The van der Waals surface area contributed by atoms with E-state index in [4.69, 9.17) is 0 Å². The number of phenols is 1. The average Bonchev–Trinajstić information content (AvgIpc) is 2.91. The summed E-state index contributed by atoms with van der Waals surface area (Å²) in [5.41, 5.74) is 2.77. The molecule has 1 aromatic heterocycles. The third-order valence-corrected chi connectivity index (χ3v) is 4.26. The van der Waals surface area contributed by atoms with Crippen molar-refractivity contribution in [2.75, 3.05) is 0 Å². The van der Waals surface area contributed by atoms with Crippen LogP contribution in [0, 0.1) is 6.92 Å². The summed E-state index contributed by atoms with van der Waals surface area (Å²) in [6.45, 7) is 1.81. The molecule has 0 radical (unpaired) electrons. The lowest BCUT2D eigenvalue weighted by Crippen LogP contribution is -1.97. The van der Waals surface area contributed by atoms with Crippen LogP contribution >= 0.6 is 0 Å². The topological polar surface area (TPSA) is 58.3 Å². The molecule has 0 amide bonds. The highest BCUT2D eigenvalue weighted by molar-refractivity contribution is 5.98. The second-order valence-electron chi connectivity index (χ2n) is 5.73. The van der Waals surface area contributed by atoms with Gasteiger partial charge in [0.1, 0.15) is 5.75 Å². The first-order valence-corrected chi connectivity index (χ1v) is 7.72. The Hall–Kier alpha value is -3.27. The van der Waals surface area contributed by atoms with Crippen LogP contribution in [0.2, 0.25) is 0 Å². The molecule has 0 bridgehead atoms. The minimum Gasteiger partial charge on any atom is -0.507 e. The van der Waals surface area contributed by atoms with Crippen LogP contribution in [0.5, 0.6) is 5.75 Å². The molecule has 0 unspecified atom stereocenters. The quantitative estimate of drug-likeness (QED) is 0.530. The van der Waals surface area contributed by atoms with E-state index in [2.05, 4.69) is 4.98 Å². The predicted octanol–water partition coefficient (Wildman–Crippen LogP) is 4.62. The van der Waals surface area contributed by atoms with Gasteiger partial charge in [-0.3, -0.25) is 0 Å². The maximum atomic E-state index is 10.6. The summed E-state index contributed by atoms with van der Waals surface area (Å²) in [6, 6.07) is 20.9. The molecule has 0 saturated carbocycles. The third kappa shape index (κ3) is 2.12. The van der Waals surface area contributed by atoms with Gasteiger partial charge in [0, 0.05) is 5.56 Å². The lowest BCUT2D eigenvalue weighted by Gasteiger charge is -2.08. The Kier molecular flexibility index (Phi) is 3.24. The number of rotatable bonds is 2. The molecule has 0 saturated heterocycles. The van der Waals surface area contributed by atoms with Crippen molar-refractivity contribution in [2.45, 2.75) is 6.92 Å². The third-order valence-electron chi connectivity index (χ3n) is 4.26. The van der Waals surface area contributed by atoms with Gasteiger partial charge in [0.25, 0.3) is 0 Å².